The minimum atomic E-state index is -3.68. The lowest BCUT2D eigenvalue weighted by atomic mass is 10.1. The number of para-hydroxylation sites is 1. The van der Waals surface area contributed by atoms with Crippen LogP contribution in [0.15, 0.2) is 59.5 Å². The molecule has 1 aliphatic rings. The highest BCUT2D eigenvalue weighted by Crippen LogP contribution is 2.22. The second-order valence-corrected chi connectivity index (χ2v) is 8.46. The van der Waals surface area contributed by atoms with Crippen molar-refractivity contribution in [1.29, 1.82) is 0 Å². The monoisotopic (exact) mass is 373 g/mol. The summed E-state index contributed by atoms with van der Waals surface area (Å²) in [4.78, 5) is 14.5. The second kappa shape index (κ2) is 7.47. The van der Waals surface area contributed by atoms with E-state index in [4.69, 9.17) is 5.73 Å². The molecule has 3 rings (SSSR count). The number of sulfonamides is 1. The lowest BCUT2D eigenvalue weighted by Crippen LogP contribution is -2.45. The fourth-order valence-corrected chi connectivity index (χ4v) is 4.28. The molecule has 1 amide bonds. The van der Waals surface area contributed by atoms with Crippen LogP contribution in [0, 0.1) is 0 Å². The van der Waals surface area contributed by atoms with Gasteiger partial charge in [-0.1, -0.05) is 18.2 Å². The van der Waals surface area contributed by atoms with Crippen molar-refractivity contribution in [3.8, 4) is 0 Å². The number of benzene rings is 2. The number of nitrogens with two attached hydrogens (primary N) is 1. The van der Waals surface area contributed by atoms with E-state index < -0.39 is 10.0 Å². The minimum Gasteiger partial charge on any atom is -0.337 e. The summed E-state index contributed by atoms with van der Waals surface area (Å²) < 4.78 is 26.8. The van der Waals surface area contributed by atoms with Crippen molar-refractivity contribution in [2.45, 2.75) is 23.8 Å². The van der Waals surface area contributed by atoms with Crippen LogP contribution in [0.1, 0.15) is 23.2 Å². The van der Waals surface area contributed by atoms with Crippen molar-refractivity contribution < 1.29 is 13.2 Å². The van der Waals surface area contributed by atoms with Gasteiger partial charge in [0.15, 0.2) is 0 Å². The Bertz CT molecular complexity index is 867. The van der Waals surface area contributed by atoms with E-state index in [0.717, 1.165) is 12.8 Å². The van der Waals surface area contributed by atoms with E-state index >= 15 is 0 Å². The van der Waals surface area contributed by atoms with Gasteiger partial charge in [0.2, 0.25) is 0 Å². The lowest BCUT2D eigenvalue weighted by molar-refractivity contribution is 0.0708. The minimum absolute atomic E-state index is 0.00636. The Labute approximate surface area is 154 Å². The highest BCUT2D eigenvalue weighted by molar-refractivity contribution is 7.92. The second-order valence-electron chi connectivity index (χ2n) is 6.49. The average Bonchev–Trinajstić information content (AvgIpc) is 2.67. The lowest BCUT2D eigenvalue weighted by Gasteiger charge is -2.30. The number of likely N-dealkylation sites (tertiary alicyclic amines) is 1. The molecule has 1 atom stereocenters. The predicted octanol–water partition coefficient (Wildman–Crippen LogP) is 2.08. The highest BCUT2D eigenvalue weighted by atomic mass is 32.2. The maximum absolute atomic E-state index is 12.8. The normalized spacial score (nSPS) is 17.8. The Kier molecular flexibility index (Phi) is 5.29. The van der Waals surface area contributed by atoms with Gasteiger partial charge in [-0.2, -0.15) is 0 Å². The zero-order chi connectivity index (χ0) is 18.7. The number of anilines is 1. The van der Waals surface area contributed by atoms with E-state index in [1.54, 1.807) is 41.3 Å². The van der Waals surface area contributed by atoms with E-state index in [9.17, 15) is 13.2 Å². The summed E-state index contributed by atoms with van der Waals surface area (Å²) >= 11 is 0. The molecule has 1 fully saturated rings. The number of hydrogen-bond acceptors (Lipinski definition) is 4. The smallest absolute Gasteiger partial charge is 0.264 e. The van der Waals surface area contributed by atoms with Crippen LogP contribution in [-0.4, -0.2) is 45.4 Å². The van der Waals surface area contributed by atoms with Crippen LogP contribution in [0.2, 0.25) is 0 Å². The molecule has 7 heteroatoms. The Hall–Kier alpha value is -2.38. The molecule has 1 aliphatic heterocycles. The molecule has 0 aromatic heterocycles. The van der Waals surface area contributed by atoms with E-state index in [2.05, 4.69) is 0 Å². The molecular weight excluding hydrogens is 350 g/mol. The summed E-state index contributed by atoms with van der Waals surface area (Å²) in [5, 5.41) is 0. The van der Waals surface area contributed by atoms with Crippen LogP contribution in [0.5, 0.6) is 0 Å². The molecule has 0 spiro atoms. The van der Waals surface area contributed by atoms with Crippen molar-refractivity contribution >= 4 is 21.6 Å². The number of carbonyl (C=O) groups is 1. The molecule has 0 bridgehead atoms. The molecule has 0 saturated carbocycles. The third kappa shape index (κ3) is 3.73. The first-order valence-electron chi connectivity index (χ1n) is 8.58. The SMILES string of the molecule is CN(c1ccccc1)S(=O)(=O)c1ccc(C(=O)N2CCCC(N)C2)cc1. The zero-order valence-corrected chi connectivity index (χ0v) is 15.5. The van der Waals surface area contributed by atoms with Crippen molar-refractivity contribution in [1.82, 2.24) is 4.90 Å². The fourth-order valence-electron chi connectivity index (χ4n) is 3.08. The van der Waals surface area contributed by atoms with E-state index in [-0.39, 0.29) is 16.8 Å². The Morgan fingerprint density at radius 3 is 2.38 bits per heavy atom. The molecule has 1 heterocycles. The highest BCUT2D eigenvalue weighted by Gasteiger charge is 2.24. The zero-order valence-electron chi connectivity index (χ0n) is 14.7. The van der Waals surface area contributed by atoms with Crippen molar-refractivity contribution in [2.75, 3.05) is 24.4 Å². The van der Waals surface area contributed by atoms with Gasteiger partial charge >= 0.3 is 0 Å². The number of piperidine rings is 1. The number of amides is 1. The van der Waals surface area contributed by atoms with Crippen LogP contribution in [0.3, 0.4) is 0 Å². The van der Waals surface area contributed by atoms with Gasteiger partial charge in [-0.3, -0.25) is 9.10 Å². The number of hydrogen-bond donors (Lipinski definition) is 1. The molecule has 2 aromatic carbocycles. The van der Waals surface area contributed by atoms with E-state index in [0.29, 0.717) is 24.3 Å². The first-order chi connectivity index (χ1) is 12.4. The van der Waals surface area contributed by atoms with E-state index in [1.165, 1.54) is 23.5 Å². The molecule has 0 radical (unpaired) electrons. The van der Waals surface area contributed by atoms with Gasteiger partial charge < -0.3 is 10.6 Å². The van der Waals surface area contributed by atoms with Crippen molar-refractivity contribution in [3.05, 3.63) is 60.2 Å². The number of nitrogens with zero attached hydrogens (tertiary/aromatic N) is 2. The van der Waals surface area contributed by atoms with Gasteiger partial charge in [-0.15, -0.1) is 0 Å². The molecule has 6 nitrogen and oxygen atoms in total. The summed E-state index contributed by atoms with van der Waals surface area (Å²) in [5.41, 5.74) is 6.98. The standard InChI is InChI=1S/C19H23N3O3S/c1-21(17-7-3-2-4-8-17)26(24,25)18-11-9-15(10-12-18)19(23)22-13-5-6-16(20)14-22/h2-4,7-12,16H,5-6,13-14,20H2,1H3. The van der Waals surface area contributed by atoms with Gasteiger partial charge in [0.25, 0.3) is 15.9 Å². The Morgan fingerprint density at radius 2 is 1.77 bits per heavy atom. The summed E-state index contributed by atoms with van der Waals surface area (Å²) in [6.45, 7) is 1.22. The van der Waals surface area contributed by atoms with Gasteiger partial charge in [-0.05, 0) is 49.2 Å². The Balaban J connectivity index is 1.79. The molecule has 26 heavy (non-hydrogen) atoms. The first kappa shape index (κ1) is 18.4. The van der Waals surface area contributed by atoms with Gasteiger partial charge in [0.05, 0.1) is 10.6 Å². The summed E-state index contributed by atoms with van der Waals surface area (Å²) in [5.74, 6) is -0.111. The van der Waals surface area contributed by atoms with Crippen LogP contribution in [-0.2, 0) is 10.0 Å². The third-order valence-electron chi connectivity index (χ3n) is 4.62. The maximum atomic E-state index is 12.8. The topological polar surface area (TPSA) is 83.7 Å². The summed E-state index contributed by atoms with van der Waals surface area (Å²) in [6.07, 6.45) is 1.81. The van der Waals surface area contributed by atoms with Crippen LogP contribution >= 0.6 is 0 Å². The maximum Gasteiger partial charge on any atom is 0.264 e. The molecule has 1 saturated heterocycles. The number of carbonyl (C=O) groups excluding carboxylic acids is 1. The predicted molar refractivity (Wildman–Crippen MR) is 102 cm³/mol. The van der Waals surface area contributed by atoms with Crippen molar-refractivity contribution in [2.24, 2.45) is 5.73 Å². The average molecular weight is 373 g/mol. The molecule has 0 aliphatic carbocycles. The molecule has 2 aromatic rings. The summed E-state index contributed by atoms with van der Waals surface area (Å²) in [6, 6.07) is 15.0. The molecule has 2 N–H and O–H groups in total. The molecule has 138 valence electrons. The molecule has 1 unspecified atom stereocenters. The van der Waals surface area contributed by atoms with Crippen molar-refractivity contribution in [3.63, 3.8) is 0 Å². The van der Waals surface area contributed by atoms with Crippen LogP contribution in [0.25, 0.3) is 0 Å². The largest absolute Gasteiger partial charge is 0.337 e. The van der Waals surface area contributed by atoms with Gasteiger partial charge in [-0.25, -0.2) is 8.42 Å². The quantitative estimate of drug-likeness (QED) is 0.889. The van der Waals surface area contributed by atoms with Crippen LogP contribution in [0.4, 0.5) is 5.69 Å². The molecular formula is C19H23N3O3S. The third-order valence-corrected chi connectivity index (χ3v) is 6.42. The summed E-state index contributed by atoms with van der Waals surface area (Å²) in [7, 11) is -2.17. The van der Waals surface area contributed by atoms with Gasteiger partial charge in [0.1, 0.15) is 0 Å². The first-order valence-corrected chi connectivity index (χ1v) is 10.0. The number of rotatable bonds is 4. The van der Waals surface area contributed by atoms with Gasteiger partial charge in [0, 0.05) is 31.7 Å². The fraction of sp³-hybridized carbons (Fsp3) is 0.316. The van der Waals surface area contributed by atoms with E-state index in [1.807, 2.05) is 6.07 Å². The Morgan fingerprint density at radius 1 is 1.12 bits per heavy atom. The van der Waals surface area contributed by atoms with Crippen LogP contribution < -0.4 is 10.0 Å².